The highest BCUT2D eigenvalue weighted by molar-refractivity contribution is 7.92. The number of carbonyl (C=O) groups is 1. The van der Waals surface area contributed by atoms with Crippen molar-refractivity contribution in [3.63, 3.8) is 0 Å². The van der Waals surface area contributed by atoms with Gasteiger partial charge in [-0.25, -0.2) is 8.42 Å². The molecule has 0 aliphatic rings. The lowest BCUT2D eigenvalue weighted by atomic mass is 9.99. The summed E-state index contributed by atoms with van der Waals surface area (Å²) in [4.78, 5) is 10.7. The van der Waals surface area contributed by atoms with Gasteiger partial charge in [0.2, 0.25) is 0 Å². The van der Waals surface area contributed by atoms with Gasteiger partial charge in [-0.1, -0.05) is 36.4 Å². The zero-order valence-electron chi connectivity index (χ0n) is 16.3. The third kappa shape index (κ3) is 5.23. The molecule has 29 heavy (non-hydrogen) atoms. The lowest BCUT2D eigenvalue weighted by Gasteiger charge is -2.10. The second-order valence-corrected chi connectivity index (χ2v) is 9.02. The molecule has 0 bridgehead atoms. The van der Waals surface area contributed by atoms with Crippen molar-refractivity contribution in [1.29, 1.82) is 0 Å². The fraction of sp³-hybridized carbons (Fsp3) is 0.174. The molecule has 0 spiro atoms. The maximum atomic E-state index is 11.9. The summed E-state index contributed by atoms with van der Waals surface area (Å²) in [6.07, 6.45) is 0. The second-order valence-electron chi connectivity index (χ2n) is 7.03. The molecule has 0 amide bonds. The van der Waals surface area contributed by atoms with Crippen LogP contribution in [0.15, 0.2) is 71.6 Å². The Balaban J connectivity index is 1.70. The molecular formula is C23H23NO4S. The van der Waals surface area contributed by atoms with Crippen LogP contribution in [-0.4, -0.2) is 25.2 Å². The Labute approximate surface area is 171 Å². The third-order valence-corrected chi connectivity index (χ3v) is 6.41. The van der Waals surface area contributed by atoms with E-state index in [1.54, 1.807) is 12.1 Å². The number of carboxylic acid groups (broad SMARTS) is 1. The predicted molar refractivity (Wildman–Crippen MR) is 115 cm³/mol. The minimum absolute atomic E-state index is 0.00203. The highest BCUT2D eigenvalue weighted by Crippen LogP contribution is 2.24. The highest BCUT2D eigenvalue weighted by atomic mass is 32.2. The minimum Gasteiger partial charge on any atom is -0.480 e. The van der Waals surface area contributed by atoms with Gasteiger partial charge in [0.05, 0.1) is 4.90 Å². The molecule has 5 nitrogen and oxygen atoms in total. The maximum absolute atomic E-state index is 11.9. The van der Waals surface area contributed by atoms with Crippen LogP contribution in [-0.2, 0) is 21.2 Å². The molecule has 0 fully saturated rings. The number of nitrogens with one attached hydrogen (secondary N) is 1. The summed E-state index contributed by atoms with van der Waals surface area (Å²) in [5.74, 6) is -2.28. The third-order valence-electron chi connectivity index (χ3n) is 4.79. The van der Waals surface area contributed by atoms with Gasteiger partial charge < -0.3 is 10.4 Å². The first-order valence-corrected chi connectivity index (χ1v) is 10.8. The van der Waals surface area contributed by atoms with E-state index >= 15 is 0 Å². The standard InChI is InChI=1S/C23H23NO4S/c1-16-6-7-20(12-17(16)2)19-5-3-4-18(13-19)14-24-21-8-10-22(11-9-21)29(27,28)15-23(25)26/h3-13,24H,14-15H2,1-2H3,(H,25,26). The first-order valence-electron chi connectivity index (χ1n) is 9.20. The largest absolute Gasteiger partial charge is 0.480 e. The zero-order valence-corrected chi connectivity index (χ0v) is 17.2. The van der Waals surface area contributed by atoms with Crippen LogP contribution in [0.3, 0.4) is 0 Å². The Morgan fingerprint density at radius 2 is 1.59 bits per heavy atom. The summed E-state index contributed by atoms with van der Waals surface area (Å²) < 4.78 is 23.9. The molecule has 0 unspecified atom stereocenters. The molecule has 0 saturated carbocycles. The van der Waals surface area contributed by atoms with Crippen LogP contribution in [0.5, 0.6) is 0 Å². The Morgan fingerprint density at radius 1 is 0.897 bits per heavy atom. The van der Waals surface area contributed by atoms with E-state index in [0.717, 1.165) is 16.8 Å². The number of hydrogen-bond donors (Lipinski definition) is 2. The fourth-order valence-electron chi connectivity index (χ4n) is 3.01. The zero-order chi connectivity index (χ0) is 21.0. The van der Waals surface area contributed by atoms with Crippen molar-refractivity contribution >= 4 is 21.5 Å². The maximum Gasteiger partial charge on any atom is 0.319 e. The lowest BCUT2D eigenvalue weighted by Crippen LogP contribution is -2.15. The highest BCUT2D eigenvalue weighted by Gasteiger charge is 2.18. The Morgan fingerprint density at radius 3 is 2.24 bits per heavy atom. The van der Waals surface area contributed by atoms with E-state index in [0.29, 0.717) is 6.54 Å². The van der Waals surface area contributed by atoms with Crippen LogP contribution in [0.2, 0.25) is 0 Å². The van der Waals surface area contributed by atoms with Crippen molar-refractivity contribution in [1.82, 2.24) is 0 Å². The molecule has 0 heterocycles. The molecular weight excluding hydrogens is 386 g/mol. The Bertz CT molecular complexity index is 1140. The van der Waals surface area contributed by atoms with Gasteiger partial charge in [-0.2, -0.15) is 0 Å². The van der Waals surface area contributed by atoms with E-state index in [-0.39, 0.29) is 4.90 Å². The predicted octanol–water partition coefficient (Wildman–Crippen LogP) is 4.44. The van der Waals surface area contributed by atoms with Gasteiger partial charge in [-0.3, -0.25) is 4.79 Å². The van der Waals surface area contributed by atoms with Gasteiger partial charge in [-0.05, 0) is 72.0 Å². The average molecular weight is 410 g/mol. The van der Waals surface area contributed by atoms with Crippen LogP contribution < -0.4 is 5.32 Å². The van der Waals surface area contributed by atoms with E-state index in [4.69, 9.17) is 5.11 Å². The monoisotopic (exact) mass is 409 g/mol. The normalized spacial score (nSPS) is 11.2. The molecule has 3 aromatic rings. The molecule has 3 rings (SSSR count). The van der Waals surface area contributed by atoms with E-state index in [1.165, 1.54) is 28.8 Å². The van der Waals surface area contributed by atoms with Crippen molar-refractivity contribution in [2.75, 3.05) is 11.1 Å². The van der Waals surface area contributed by atoms with Crippen molar-refractivity contribution in [3.8, 4) is 11.1 Å². The molecule has 0 aliphatic carbocycles. The number of hydrogen-bond acceptors (Lipinski definition) is 4. The molecule has 3 aromatic carbocycles. The average Bonchev–Trinajstić information content (AvgIpc) is 2.68. The molecule has 0 radical (unpaired) electrons. The molecule has 150 valence electrons. The number of sulfone groups is 1. The quantitative estimate of drug-likeness (QED) is 0.603. The van der Waals surface area contributed by atoms with Crippen molar-refractivity contribution in [2.45, 2.75) is 25.3 Å². The van der Waals surface area contributed by atoms with E-state index in [2.05, 4.69) is 49.5 Å². The van der Waals surface area contributed by atoms with Crippen LogP contribution in [0.25, 0.3) is 11.1 Å². The Kier molecular flexibility index (Phi) is 6.03. The van der Waals surface area contributed by atoms with Gasteiger partial charge in [0.25, 0.3) is 0 Å². The first-order chi connectivity index (χ1) is 13.7. The molecule has 0 saturated heterocycles. The topological polar surface area (TPSA) is 83.5 Å². The Hall–Kier alpha value is -3.12. The van der Waals surface area contributed by atoms with E-state index in [9.17, 15) is 13.2 Å². The fourth-order valence-corrected chi connectivity index (χ4v) is 4.05. The van der Waals surface area contributed by atoms with Crippen LogP contribution >= 0.6 is 0 Å². The minimum atomic E-state index is -3.81. The van der Waals surface area contributed by atoms with Crippen LogP contribution in [0.1, 0.15) is 16.7 Å². The molecule has 2 N–H and O–H groups in total. The number of anilines is 1. The van der Waals surface area contributed by atoms with Crippen LogP contribution in [0.4, 0.5) is 5.69 Å². The van der Waals surface area contributed by atoms with Gasteiger partial charge in [0, 0.05) is 12.2 Å². The summed E-state index contributed by atoms with van der Waals surface area (Å²) in [5, 5.41) is 12.0. The first kappa shape index (κ1) is 20.6. The number of carboxylic acids is 1. The van der Waals surface area contributed by atoms with Crippen molar-refractivity contribution in [2.24, 2.45) is 0 Å². The number of rotatable bonds is 7. The van der Waals surface area contributed by atoms with E-state index < -0.39 is 21.6 Å². The number of aryl methyl sites for hydroxylation is 2. The SMILES string of the molecule is Cc1ccc(-c2cccc(CNc3ccc(S(=O)(=O)CC(=O)O)cc3)c2)cc1C. The summed E-state index contributed by atoms with van der Waals surface area (Å²) in [6, 6.07) is 20.8. The van der Waals surface area contributed by atoms with Crippen LogP contribution in [0, 0.1) is 13.8 Å². The van der Waals surface area contributed by atoms with Gasteiger partial charge in [-0.15, -0.1) is 0 Å². The molecule has 0 atom stereocenters. The van der Waals surface area contributed by atoms with E-state index in [1.807, 2.05) is 12.1 Å². The summed E-state index contributed by atoms with van der Waals surface area (Å²) >= 11 is 0. The lowest BCUT2D eigenvalue weighted by molar-refractivity contribution is -0.134. The molecule has 0 aliphatic heterocycles. The molecule has 0 aromatic heterocycles. The number of aliphatic carboxylic acids is 1. The van der Waals surface area contributed by atoms with Gasteiger partial charge >= 0.3 is 5.97 Å². The number of benzene rings is 3. The van der Waals surface area contributed by atoms with Crippen molar-refractivity contribution < 1.29 is 18.3 Å². The summed E-state index contributed by atoms with van der Waals surface area (Å²) in [5.41, 5.74) is 6.69. The molecule has 6 heteroatoms. The van der Waals surface area contributed by atoms with Crippen molar-refractivity contribution in [3.05, 3.63) is 83.4 Å². The summed E-state index contributed by atoms with van der Waals surface area (Å²) in [7, 11) is -3.81. The van der Waals surface area contributed by atoms with Gasteiger partial charge in [0.15, 0.2) is 15.6 Å². The summed E-state index contributed by atoms with van der Waals surface area (Å²) in [6.45, 7) is 4.78. The smallest absolute Gasteiger partial charge is 0.319 e. The van der Waals surface area contributed by atoms with Gasteiger partial charge in [0.1, 0.15) is 0 Å². The second kappa shape index (κ2) is 8.49.